The average Bonchev–Trinajstić information content (AvgIpc) is 2.38. The largest absolute Gasteiger partial charge is 0.493 e. The zero-order valence-corrected chi connectivity index (χ0v) is 10.1. The minimum atomic E-state index is -0.211. The standard InChI is InChI=1S/C11H13BrO2/c1-11(2)10(12)7-5-4-6-8(13-3)9(7)14-11/h4-6,10H,1-3H3. The molecular weight excluding hydrogens is 244 g/mol. The van der Waals surface area contributed by atoms with Crippen LogP contribution in [0.15, 0.2) is 18.2 Å². The number of para-hydroxylation sites is 1. The lowest BCUT2D eigenvalue weighted by Crippen LogP contribution is -2.26. The normalized spacial score (nSPS) is 22.7. The highest BCUT2D eigenvalue weighted by Crippen LogP contribution is 2.51. The first kappa shape index (κ1) is 9.84. The Balaban J connectivity index is 2.53. The smallest absolute Gasteiger partial charge is 0.166 e. The molecule has 1 heterocycles. The van der Waals surface area contributed by atoms with E-state index in [1.54, 1.807) is 7.11 Å². The van der Waals surface area contributed by atoms with E-state index in [0.717, 1.165) is 17.1 Å². The van der Waals surface area contributed by atoms with Crippen LogP contribution < -0.4 is 9.47 Å². The van der Waals surface area contributed by atoms with E-state index in [9.17, 15) is 0 Å². The van der Waals surface area contributed by atoms with E-state index in [2.05, 4.69) is 35.8 Å². The monoisotopic (exact) mass is 256 g/mol. The Morgan fingerprint density at radius 1 is 1.43 bits per heavy atom. The van der Waals surface area contributed by atoms with E-state index < -0.39 is 0 Å². The molecule has 0 aromatic heterocycles. The molecule has 0 spiro atoms. The molecule has 0 bridgehead atoms. The number of hydrogen-bond acceptors (Lipinski definition) is 2. The predicted octanol–water partition coefficient (Wildman–Crippen LogP) is 3.30. The maximum Gasteiger partial charge on any atom is 0.166 e. The van der Waals surface area contributed by atoms with Gasteiger partial charge in [-0.05, 0) is 19.9 Å². The third kappa shape index (κ3) is 1.31. The Hall–Kier alpha value is -0.700. The molecule has 76 valence electrons. The van der Waals surface area contributed by atoms with Gasteiger partial charge < -0.3 is 9.47 Å². The van der Waals surface area contributed by atoms with Crippen LogP contribution in [0.5, 0.6) is 11.5 Å². The predicted molar refractivity (Wildman–Crippen MR) is 59.4 cm³/mol. The summed E-state index contributed by atoms with van der Waals surface area (Å²) in [4.78, 5) is 0.222. The Morgan fingerprint density at radius 3 is 2.79 bits per heavy atom. The number of ether oxygens (including phenoxy) is 2. The van der Waals surface area contributed by atoms with Gasteiger partial charge >= 0.3 is 0 Å². The second kappa shape index (κ2) is 3.16. The summed E-state index contributed by atoms with van der Waals surface area (Å²) in [6, 6.07) is 5.96. The maximum absolute atomic E-state index is 5.86. The number of alkyl halides is 1. The van der Waals surface area contributed by atoms with Gasteiger partial charge in [0.25, 0.3) is 0 Å². The van der Waals surface area contributed by atoms with Crippen molar-refractivity contribution in [2.45, 2.75) is 24.3 Å². The van der Waals surface area contributed by atoms with Gasteiger partial charge in [0.1, 0.15) is 5.60 Å². The molecule has 0 saturated carbocycles. The van der Waals surface area contributed by atoms with Crippen LogP contribution in [0.25, 0.3) is 0 Å². The fourth-order valence-electron chi connectivity index (χ4n) is 1.69. The van der Waals surface area contributed by atoms with Crippen molar-refractivity contribution >= 4 is 15.9 Å². The molecule has 0 saturated heterocycles. The van der Waals surface area contributed by atoms with Crippen molar-refractivity contribution < 1.29 is 9.47 Å². The molecule has 0 N–H and O–H groups in total. The van der Waals surface area contributed by atoms with Crippen molar-refractivity contribution in [3.8, 4) is 11.5 Å². The lowest BCUT2D eigenvalue weighted by Gasteiger charge is -2.21. The van der Waals surface area contributed by atoms with Crippen LogP contribution in [0.3, 0.4) is 0 Å². The van der Waals surface area contributed by atoms with Crippen molar-refractivity contribution in [2.24, 2.45) is 0 Å². The summed E-state index contributed by atoms with van der Waals surface area (Å²) in [5.41, 5.74) is 0.950. The van der Waals surface area contributed by atoms with Crippen molar-refractivity contribution in [3.63, 3.8) is 0 Å². The van der Waals surface area contributed by atoms with Gasteiger partial charge in [-0.15, -0.1) is 0 Å². The summed E-state index contributed by atoms with van der Waals surface area (Å²) in [6.45, 7) is 4.12. The second-order valence-corrected chi connectivity index (χ2v) is 4.86. The quantitative estimate of drug-likeness (QED) is 0.718. The molecule has 1 unspecified atom stereocenters. The summed E-state index contributed by atoms with van der Waals surface area (Å²) < 4.78 is 11.1. The van der Waals surface area contributed by atoms with Gasteiger partial charge in [0.05, 0.1) is 11.9 Å². The molecule has 1 aliphatic rings. The van der Waals surface area contributed by atoms with Crippen molar-refractivity contribution in [2.75, 3.05) is 7.11 Å². The summed E-state index contributed by atoms with van der Waals surface area (Å²) in [7, 11) is 1.66. The lowest BCUT2D eigenvalue weighted by molar-refractivity contribution is 0.133. The van der Waals surface area contributed by atoms with Crippen molar-refractivity contribution in [3.05, 3.63) is 23.8 Å². The maximum atomic E-state index is 5.86. The molecular formula is C11H13BrO2. The molecule has 14 heavy (non-hydrogen) atoms. The SMILES string of the molecule is COc1cccc2c1OC(C)(C)C2Br. The topological polar surface area (TPSA) is 18.5 Å². The van der Waals surface area contributed by atoms with Crippen LogP contribution in [0.2, 0.25) is 0 Å². The van der Waals surface area contributed by atoms with E-state index in [1.165, 1.54) is 0 Å². The van der Waals surface area contributed by atoms with Gasteiger partial charge in [0.2, 0.25) is 0 Å². The van der Waals surface area contributed by atoms with Crippen LogP contribution >= 0.6 is 15.9 Å². The highest BCUT2D eigenvalue weighted by atomic mass is 79.9. The highest BCUT2D eigenvalue weighted by molar-refractivity contribution is 9.09. The lowest BCUT2D eigenvalue weighted by atomic mass is 10.0. The molecule has 0 radical (unpaired) electrons. The van der Waals surface area contributed by atoms with Gasteiger partial charge in [-0.25, -0.2) is 0 Å². The molecule has 1 aromatic carbocycles. The van der Waals surface area contributed by atoms with Gasteiger partial charge in [-0.2, -0.15) is 0 Å². The summed E-state index contributed by atoms with van der Waals surface area (Å²) >= 11 is 3.64. The number of methoxy groups -OCH3 is 1. The van der Waals surface area contributed by atoms with E-state index >= 15 is 0 Å². The summed E-state index contributed by atoms with van der Waals surface area (Å²) in [5, 5.41) is 0. The first-order valence-electron chi connectivity index (χ1n) is 4.56. The van der Waals surface area contributed by atoms with Gasteiger partial charge in [0.15, 0.2) is 11.5 Å². The van der Waals surface area contributed by atoms with Crippen LogP contribution in [0.1, 0.15) is 24.2 Å². The van der Waals surface area contributed by atoms with Crippen LogP contribution in [0, 0.1) is 0 Å². The van der Waals surface area contributed by atoms with E-state index in [-0.39, 0.29) is 10.4 Å². The average molecular weight is 257 g/mol. The third-order valence-corrected chi connectivity index (χ3v) is 4.07. The van der Waals surface area contributed by atoms with E-state index in [0.29, 0.717) is 0 Å². The summed E-state index contributed by atoms with van der Waals surface area (Å²) in [6.07, 6.45) is 0. The Labute approximate surface area is 92.3 Å². The number of hydrogen-bond donors (Lipinski definition) is 0. The molecule has 1 aliphatic heterocycles. The minimum Gasteiger partial charge on any atom is -0.493 e. The van der Waals surface area contributed by atoms with Crippen molar-refractivity contribution in [1.82, 2.24) is 0 Å². The molecule has 1 aromatic rings. The molecule has 3 heteroatoms. The van der Waals surface area contributed by atoms with E-state index in [4.69, 9.17) is 9.47 Å². The number of halogens is 1. The Kier molecular flexibility index (Phi) is 2.22. The fourth-order valence-corrected chi connectivity index (χ4v) is 2.15. The molecule has 0 fully saturated rings. The second-order valence-electron chi connectivity index (χ2n) is 3.95. The highest BCUT2D eigenvalue weighted by Gasteiger charge is 2.40. The summed E-state index contributed by atoms with van der Waals surface area (Å²) in [5.74, 6) is 1.67. The fraction of sp³-hybridized carbons (Fsp3) is 0.455. The number of rotatable bonds is 1. The minimum absolute atomic E-state index is 0.211. The van der Waals surface area contributed by atoms with Crippen molar-refractivity contribution in [1.29, 1.82) is 0 Å². The molecule has 0 amide bonds. The molecule has 2 nitrogen and oxygen atoms in total. The first-order chi connectivity index (χ1) is 6.56. The Morgan fingerprint density at radius 2 is 2.14 bits per heavy atom. The zero-order chi connectivity index (χ0) is 10.3. The first-order valence-corrected chi connectivity index (χ1v) is 5.48. The zero-order valence-electron chi connectivity index (χ0n) is 8.50. The Bertz CT molecular complexity index is 360. The van der Waals surface area contributed by atoms with E-state index in [1.807, 2.05) is 12.1 Å². The molecule has 0 aliphatic carbocycles. The molecule has 2 rings (SSSR count). The van der Waals surface area contributed by atoms with Gasteiger partial charge in [-0.3, -0.25) is 0 Å². The van der Waals surface area contributed by atoms with Crippen LogP contribution in [-0.4, -0.2) is 12.7 Å². The van der Waals surface area contributed by atoms with Crippen LogP contribution in [-0.2, 0) is 0 Å². The molecule has 1 atom stereocenters. The van der Waals surface area contributed by atoms with Gasteiger partial charge in [0, 0.05) is 5.56 Å². The van der Waals surface area contributed by atoms with Gasteiger partial charge in [-0.1, -0.05) is 28.1 Å². The number of benzene rings is 1. The third-order valence-electron chi connectivity index (χ3n) is 2.48. The number of fused-ring (bicyclic) bond motifs is 1. The van der Waals surface area contributed by atoms with Crippen LogP contribution in [0.4, 0.5) is 0 Å².